The maximum Gasteiger partial charge on any atom is 0.135 e. The van der Waals surface area contributed by atoms with E-state index in [0.29, 0.717) is 0 Å². The highest BCUT2D eigenvalue weighted by Gasteiger charge is 2.11. The monoisotopic (exact) mass is 361 g/mol. The predicted molar refractivity (Wildman–Crippen MR) is 109 cm³/mol. The summed E-state index contributed by atoms with van der Waals surface area (Å²) in [7, 11) is 1.66. The van der Waals surface area contributed by atoms with Crippen LogP contribution in [-0.4, -0.2) is 30.2 Å². The molecule has 0 saturated carbocycles. The molecule has 1 saturated heterocycles. The van der Waals surface area contributed by atoms with Crippen molar-refractivity contribution in [2.75, 3.05) is 35.7 Å². The summed E-state index contributed by atoms with van der Waals surface area (Å²) in [6.07, 6.45) is 4.11. The fourth-order valence-corrected chi connectivity index (χ4v) is 3.20. The molecule has 1 fully saturated rings. The van der Waals surface area contributed by atoms with Gasteiger partial charge in [0.05, 0.1) is 7.11 Å². The zero-order valence-corrected chi connectivity index (χ0v) is 15.4. The molecule has 0 spiro atoms. The van der Waals surface area contributed by atoms with Crippen LogP contribution in [0.4, 0.5) is 28.7 Å². The van der Waals surface area contributed by atoms with Gasteiger partial charge in [0.15, 0.2) is 0 Å². The van der Waals surface area contributed by atoms with Gasteiger partial charge in [-0.15, -0.1) is 0 Å². The van der Waals surface area contributed by atoms with Gasteiger partial charge in [-0.2, -0.15) is 0 Å². The molecule has 0 aliphatic carbocycles. The fraction of sp³-hybridized carbons (Fsp3) is 0.238. The Morgan fingerprint density at radius 1 is 0.815 bits per heavy atom. The molecule has 2 heterocycles. The Bertz CT molecular complexity index is 874. The number of nitrogens with one attached hydrogen (secondary N) is 2. The summed E-state index contributed by atoms with van der Waals surface area (Å²) in [5, 5.41) is 6.61. The van der Waals surface area contributed by atoms with Gasteiger partial charge in [0, 0.05) is 36.2 Å². The number of rotatable bonds is 6. The normalized spacial score (nSPS) is 13.4. The smallest absolute Gasteiger partial charge is 0.135 e. The molecule has 138 valence electrons. The van der Waals surface area contributed by atoms with Crippen molar-refractivity contribution in [3.63, 3.8) is 0 Å². The average molecular weight is 361 g/mol. The van der Waals surface area contributed by atoms with Crippen LogP contribution in [0.5, 0.6) is 5.75 Å². The van der Waals surface area contributed by atoms with E-state index in [0.717, 1.165) is 41.8 Å². The van der Waals surface area contributed by atoms with Crippen LogP contribution in [0, 0.1) is 0 Å². The van der Waals surface area contributed by atoms with E-state index in [1.165, 1.54) is 18.5 Å². The van der Waals surface area contributed by atoms with Crippen molar-refractivity contribution in [2.45, 2.75) is 12.8 Å². The van der Waals surface area contributed by atoms with Crippen molar-refractivity contribution in [3.05, 3.63) is 60.9 Å². The highest BCUT2D eigenvalue weighted by molar-refractivity contribution is 5.64. The van der Waals surface area contributed by atoms with E-state index in [1.54, 1.807) is 13.4 Å². The molecular formula is C21H23N5O. The van der Waals surface area contributed by atoms with Crippen LogP contribution in [0.1, 0.15) is 12.8 Å². The van der Waals surface area contributed by atoms with Gasteiger partial charge in [0.1, 0.15) is 23.7 Å². The summed E-state index contributed by atoms with van der Waals surface area (Å²) < 4.78 is 5.18. The van der Waals surface area contributed by atoms with E-state index in [-0.39, 0.29) is 0 Å². The van der Waals surface area contributed by atoms with Gasteiger partial charge in [0.2, 0.25) is 0 Å². The quantitative estimate of drug-likeness (QED) is 0.670. The second-order valence-electron chi connectivity index (χ2n) is 6.51. The second kappa shape index (κ2) is 7.95. The number of ether oxygens (including phenoxy) is 1. The van der Waals surface area contributed by atoms with Crippen LogP contribution in [0.25, 0.3) is 0 Å². The lowest BCUT2D eigenvalue weighted by Crippen LogP contribution is -2.17. The summed E-state index contributed by atoms with van der Waals surface area (Å²) >= 11 is 0. The Balaban J connectivity index is 1.42. The lowest BCUT2D eigenvalue weighted by atomic mass is 10.2. The number of hydrogen-bond donors (Lipinski definition) is 2. The Kier molecular flexibility index (Phi) is 5.05. The first-order chi connectivity index (χ1) is 13.3. The van der Waals surface area contributed by atoms with Crippen LogP contribution in [-0.2, 0) is 0 Å². The number of aromatic nitrogens is 2. The first kappa shape index (κ1) is 17.1. The molecule has 1 aliphatic heterocycles. The lowest BCUT2D eigenvalue weighted by molar-refractivity contribution is 0.415. The van der Waals surface area contributed by atoms with Crippen LogP contribution in [0.2, 0.25) is 0 Å². The molecule has 0 atom stereocenters. The fourth-order valence-electron chi connectivity index (χ4n) is 3.20. The van der Waals surface area contributed by atoms with E-state index < -0.39 is 0 Å². The van der Waals surface area contributed by atoms with Crippen LogP contribution in [0.3, 0.4) is 0 Å². The van der Waals surface area contributed by atoms with Crippen molar-refractivity contribution < 1.29 is 4.74 Å². The highest BCUT2D eigenvalue weighted by Crippen LogP contribution is 2.24. The molecule has 6 nitrogen and oxygen atoms in total. The predicted octanol–water partition coefficient (Wildman–Crippen LogP) is 4.57. The van der Waals surface area contributed by atoms with Gasteiger partial charge in [-0.1, -0.05) is 0 Å². The first-order valence-corrected chi connectivity index (χ1v) is 9.15. The van der Waals surface area contributed by atoms with Crippen molar-refractivity contribution in [2.24, 2.45) is 0 Å². The maximum absolute atomic E-state index is 5.18. The van der Waals surface area contributed by atoms with Crippen LogP contribution in [0.15, 0.2) is 60.9 Å². The van der Waals surface area contributed by atoms with Gasteiger partial charge >= 0.3 is 0 Å². The SMILES string of the molecule is COc1ccc(Nc2cc(Nc3ccc(N4CCCC4)cc3)ncn2)cc1. The zero-order chi connectivity index (χ0) is 18.5. The Morgan fingerprint density at radius 2 is 1.37 bits per heavy atom. The van der Waals surface area contributed by atoms with E-state index in [1.807, 2.05) is 30.3 Å². The van der Waals surface area contributed by atoms with E-state index in [2.05, 4.69) is 49.8 Å². The number of benzene rings is 2. The molecule has 0 bridgehead atoms. The molecule has 0 unspecified atom stereocenters. The largest absolute Gasteiger partial charge is 0.497 e. The third-order valence-corrected chi connectivity index (χ3v) is 4.64. The van der Waals surface area contributed by atoms with Crippen molar-refractivity contribution in [1.29, 1.82) is 0 Å². The van der Waals surface area contributed by atoms with Gasteiger partial charge in [-0.3, -0.25) is 0 Å². The average Bonchev–Trinajstić information content (AvgIpc) is 3.24. The standard InChI is InChI=1S/C21H23N5O/c1-27-19-10-6-17(7-11-19)25-21-14-20(22-15-23-21)24-16-4-8-18(9-5-16)26-12-2-3-13-26/h4-11,14-15H,2-3,12-13H2,1H3,(H2,22,23,24,25). The Hall–Kier alpha value is -3.28. The minimum atomic E-state index is 0.728. The molecule has 6 heteroatoms. The van der Waals surface area contributed by atoms with Crippen molar-refractivity contribution in [3.8, 4) is 5.75 Å². The molecule has 1 aromatic heterocycles. The molecular weight excluding hydrogens is 338 g/mol. The molecule has 27 heavy (non-hydrogen) atoms. The summed E-state index contributed by atoms with van der Waals surface area (Å²) in [4.78, 5) is 11.0. The maximum atomic E-state index is 5.18. The van der Waals surface area contributed by atoms with Gasteiger partial charge in [-0.05, 0) is 61.4 Å². The third-order valence-electron chi connectivity index (χ3n) is 4.64. The molecule has 0 amide bonds. The lowest BCUT2D eigenvalue weighted by Gasteiger charge is -2.18. The number of anilines is 5. The molecule has 1 aliphatic rings. The zero-order valence-electron chi connectivity index (χ0n) is 15.4. The number of methoxy groups -OCH3 is 1. The van der Waals surface area contributed by atoms with Gasteiger partial charge < -0.3 is 20.3 Å². The van der Waals surface area contributed by atoms with E-state index in [9.17, 15) is 0 Å². The minimum absolute atomic E-state index is 0.728. The molecule has 4 rings (SSSR count). The summed E-state index contributed by atoms with van der Waals surface area (Å²) in [6.45, 7) is 2.30. The summed E-state index contributed by atoms with van der Waals surface area (Å²) in [5.74, 6) is 2.30. The Labute approximate surface area is 159 Å². The number of nitrogens with zero attached hydrogens (tertiary/aromatic N) is 3. The molecule has 2 aromatic carbocycles. The van der Waals surface area contributed by atoms with Crippen LogP contribution < -0.4 is 20.3 Å². The minimum Gasteiger partial charge on any atom is -0.497 e. The third kappa shape index (κ3) is 4.28. The van der Waals surface area contributed by atoms with E-state index in [4.69, 9.17) is 4.74 Å². The topological polar surface area (TPSA) is 62.3 Å². The summed E-state index contributed by atoms with van der Waals surface area (Å²) in [5.41, 5.74) is 3.23. The van der Waals surface area contributed by atoms with Crippen molar-refractivity contribution >= 4 is 28.7 Å². The van der Waals surface area contributed by atoms with Crippen molar-refractivity contribution in [1.82, 2.24) is 9.97 Å². The first-order valence-electron chi connectivity index (χ1n) is 9.15. The highest BCUT2D eigenvalue weighted by atomic mass is 16.5. The Morgan fingerprint density at radius 3 is 1.93 bits per heavy atom. The summed E-state index contributed by atoms with van der Waals surface area (Å²) in [6, 6.07) is 18.1. The molecule has 0 radical (unpaired) electrons. The number of hydrogen-bond acceptors (Lipinski definition) is 6. The van der Waals surface area contributed by atoms with Gasteiger partial charge in [-0.25, -0.2) is 9.97 Å². The molecule has 2 N–H and O–H groups in total. The molecule has 3 aromatic rings. The van der Waals surface area contributed by atoms with E-state index >= 15 is 0 Å². The van der Waals surface area contributed by atoms with Crippen LogP contribution >= 0.6 is 0 Å². The second-order valence-corrected chi connectivity index (χ2v) is 6.51. The van der Waals surface area contributed by atoms with Gasteiger partial charge in [0.25, 0.3) is 0 Å².